The second-order valence-electron chi connectivity index (χ2n) is 17.4. The van der Waals surface area contributed by atoms with Crippen molar-refractivity contribution in [3.8, 4) is 0 Å². The molecule has 22 heteroatoms. The van der Waals surface area contributed by atoms with Crippen molar-refractivity contribution >= 4 is 106 Å². The predicted octanol–water partition coefficient (Wildman–Crippen LogP) is 10.4. The molecule has 2 aliphatic heterocycles. The number of unbranched alkanes of at least 4 members (excludes halogenated alkanes) is 16. The molecule has 400 valence electrons. The van der Waals surface area contributed by atoms with Crippen LogP contribution in [-0.2, 0) is 52.5 Å². The van der Waals surface area contributed by atoms with Crippen LogP contribution in [0, 0.1) is 11.8 Å². The number of carboxylic acids is 3. The standard InChI is InChI=1S/C47H80N2O14S6.H2/c50-38(20-15-13-11-9-7-5-3-1-2-4-6-8-10-12-14-16-23-43(54)55)34-37(44(56)57)24-25-41(52)49-27-29-61-31-32-62-35-39(51)21-19-28-60-30-33-63-36-42(53)48-26-18-17-22-40(45(58)59)46-64-66-47(67-65-46)68-69-47;/h37,40,46H,1-36H2,(H,48,53)(H,49,52)(H,54,55)(H,56,57)(H,58,59);1H/t37-,40+;/m1./s1. The maximum atomic E-state index is 12.5. The summed E-state index contributed by atoms with van der Waals surface area (Å²) in [6.45, 7) is 2.12. The average Bonchev–Trinajstić information content (AvgIpc) is 4.08. The van der Waals surface area contributed by atoms with E-state index < -0.39 is 29.7 Å². The number of aliphatic carboxylic acids is 3. The van der Waals surface area contributed by atoms with E-state index in [0.717, 1.165) is 44.9 Å². The van der Waals surface area contributed by atoms with Crippen LogP contribution in [0.4, 0.5) is 0 Å². The number of rotatable bonds is 49. The molecule has 5 N–H and O–H groups in total. The predicted molar refractivity (Wildman–Crippen MR) is 283 cm³/mol. The number of ether oxygens (including phenoxy) is 4. The van der Waals surface area contributed by atoms with Gasteiger partial charge in [-0.3, -0.25) is 33.6 Å². The number of Topliss-reactive ketones (excluding diaryl/α,β-unsaturated/α-hetero) is 2. The molecule has 2 fully saturated rings. The van der Waals surface area contributed by atoms with Gasteiger partial charge in [-0.15, -0.1) is 0 Å². The first-order valence-corrected chi connectivity index (χ1v) is 31.6. The molecule has 2 rings (SSSR count). The van der Waals surface area contributed by atoms with E-state index in [9.17, 15) is 43.8 Å². The van der Waals surface area contributed by atoms with Gasteiger partial charge in [-0.05, 0) is 60.1 Å². The minimum Gasteiger partial charge on any atom is -0.481 e. The van der Waals surface area contributed by atoms with Crippen molar-refractivity contribution in [1.82, 2.24) is 10.6 Å². The number of nitrogens with one attached hydrogen (secondary N) is 2. The van der Waals surface area contributed by atoms with E-state index >= 15 is 0 Å². The van der Waals surface area contributed by atoms with E-state index in [1.165, 1.54) is 57.8 Å². The Hall–Kier alpha value is -1.37. The third kappa shape index (κ3) is 36.2. The van der Waals surface area contributed by atoms with Crippen LogP contribution in [0.3, 0.4) is 0 Å². The van der Waals surface area contributed by atoms with Crippen LogP contribution in [-0.4, -0.2) is 130 Å². The summed E-state index contributed by atoms with van der Waals surface area (Å²) < 4.78 is 21.8. The highest BCUT2D eigenvalue weighted by atomic mass is 33.2. The smallest absolute Gasteiger partial charge is 0.308 e. The maximum absolute atomic E-state index is 12.5. The van der Waals surface area contributed by atoms with Crippen molar-refractivity contribution < 1.29 is 69.3 Å². The molecule has 2 saturated heterocycles. The summed E-state index contributed by atoms with van der Waals surface area (Å²) in [5, 5.41) is 33.5. The minimum absolute atomic E-state index is 0. The molecule has 0 bridgehead atoms. The van der Waals surface area contributed by atoms with Crippen LogP contribution < -0.4 is 10.6 Å². The zero-order chi connectivity index (χ0) is 50.2. The molecular weight excluding hydrogens is 1010 g/mol. The topological polar surface area (TPSA) is 241 Å². The lowest BCUT2D eigenvalue weighted by atomic mass is 9.94. The molecule has 0 aromatic heterocycles. The Balaban J connectivity index is 0.0000245. The molecule has 0 aromatic carbocycles. The monoisotopic (exact) mass is 1090 g/mol. The van der Waals surface area contributed by atoms with Gasteiger partial charge in [-0.25, -0.2) is 0 Å². The summed E-state index contributed by atoms with van der Waals surface area (Å²) in [5.74, 6) is -4.53. The van der Waals surface area contributed by atoms with Crippen molar-refractivity contribution in [2.75, 3.05) is 65.9 Å². The lowest BCUT2D eigenvalue weighted by Gasteiger charge is -2.27. The Morgan fingerprint density at radius 1 is 0.464 bits per heavy atom. The number of carboxylic acid groups (broad SMARTS) is 3. The van der Waals surface area contributed by atoms with Crippen LogP contribution in [0.5, 0.6) is 0 Å². The first-order chi connectivity index (χ1) is 33.4. The summed E-state index contributed by atoms with van der Waals surface area (Å²) >= 11 is 0. The van der Waals surface area contributed by atoms with Crippen molar-refractivity contribution in [1.29, 1.82) is 0 Å². The Kier molecular flexibility index (Phi) is 38.8. The van der Waals surface area contributed by atoms with Crippen LogP contribution >= 0.6 is 64.8 Å². The zero-order valence-corrected chi connectivity index (χ0v) is 45.4. The minimum atomic E-state index is -1.07. The number of hydrogen-bond donors (Lipinski definition) is 5. The Morgan fingerprint density at radius 2 is 0.971 bits per heavy atom. The van der Waals surface area contributed by atoms with E-state index in [2.05, 4.69) is 10.6 Å². The zero-order valence-electron chi connectivity index (χ0n) is 40.5. The van der Waals surface area contributed by atoms with Gasteiger partial charge in [0.05, 0.1) is 49.5 Å². The largest absolute Gasteiger partial charge is 0.481 e. The molecule has 2 atom stereocenters. The maximum Gasteiger partial charge on any atom is 0.308 e. The van der Waals surface area contributed by atoms with E-state index in [4.69, 9.17) is 24.1 Å². The molecule has 2 aliphatic rings. The third-order valence-electron chi connectivity index (χ3n) is 11.3. The average molecular weight is 1090 g/mol. The van der Waals surface area contributed by atoms with E-state index in [1.54, 1.807) is 43.2 Å². The number of ketones is 2. The van der Waals surface area contributed by atoms with Crippen LogP contribution in [0.15, 0.2) is 0 Å². The summed E-state index contributed by atoms with van der Waals surface area (Å²) in [5.41, 5.74) is 0. The Labute approximate surface area is 435 Å². The van der Waals surface area contributed by atoms with Gasteiger partial charge in [-0.1, -0.05) is 139 Å². The molecular formula is C47H82N2O14S6. The van der Waals surface area contributed by atoms with Gasteiger partial charge >= 0.3 is 17.9 Å². The van der Waals surface area contributed by atoms with Gasteiger partial charge in [0, 0.05) is 53.2 Å². The molecule has 1 spiro atoms. The van der Waals surface area contributed by atoms with Gasteiger partial charge in [0.15, 0.2) is 8.53 Å². The number of carbonyl (C=O) groups is 7. The molecule has 0 aliphatic carbocycles. The summed E-state index contributed by atoms with van der Waals surface area (Å²) in [4.78, 5) is 83.0. The van der Waals surface area contributed by atoms with E-state index in [1.807, 2.05) is 21.6 Å². The Morgan fingerprint density at radius 3 is 1.52 bits per heavy atom. The van der Waals surface area contributed by atoms with Gasteiger partial charge in [0.1, 0.15) is 19.0 Å². The molecule has 2 amide bonds. The van der Waals surface area contributed by atoms with Crippen molar-refractivity contribution in [3.63, 3.8) is 0 Å². The summed E-state index contributed by atoms with van der Waals surface area (Å²) in [7, 11) is 10.5. The first-order valence-electron chi connectivity index (χ1n) is 25.0. The molecule has 0 radical (unpaired) electrons. The Bertz CT molecular complexity index is 1460. The molecule has 16 nitrogen and oxygen atoms in total. The highest BCUT2D eigenvalue weighted by molar-refractivity contribution is 9.14. The van der Waals surface area contributed by atoms with Gasteiger partial charge in [-0.2, -0.15) is 0 Å². The summed E-state index contributed by atoms with van der Waals surface area (Å²) in [6, 6.07) is 0. The molecule has 0 aromatic rings. The summed E-state index contributed by atoms with van der Waals surface area (Å²) in [6.07, 6.45) is 21.5. The molecule has 2 heterocycles. The molecule has 69 heavy (non-hydrogen) atoms. The fourth-order valence-corrected chi connectivity index (χ4v) is 21.1. The first kappa shape index (κ1) is 63.7. The van der Waals surface area contributed by atoms with Crippen LogP contribution in [0.2, 0.25) is 0 Å². The van der Waals surface area contributed by atoms with E-state index in [0.29, 0.717) is 51.7 Å². The van der Waals surface area contributed by atoms with E-state index in [-0.39, 0.29) is 111 Å². The SMILES string of the molecule is O=C(O)CCCCCCCCCCCCCCCCCCC(=O)C[C@@H](CCC(=O)NCCOCCOCC(=O)CCCOCCOCC(=O)NCCCC[C@@H](C(=O)O)C1SSC2(SS1)SS2)C(=O)O.[HH]. The third-order valence-corrected chi connectivity index (χ3v) is 25.2. The lowest BCUT2D eigenvalue weighted by Crippen LogP contribution is -2.29. The quantitative estimate of drug-likeness (QED) is 0.0216. The van der Waals surface area contributed by atoms with Crippen molar-refractivity contribution in [2.24, 2.45) is 11.8 Å². The second-order valence-corrected chi connectivity index (χ2v) is 26.9. The highest BCUT2D eigenvalue weighted by Gasteiger charge is 2.53. The van der Waals surface area contributed by atoms with Gasteiger partial charge in [0.25, 0.3) is 0 Å². The number of amides is 2. The normalized spacial score (nSPS) is 15.1. The molecule has 0 unspecified atom stereocenters. The van der Waals surface area contributed by atoms with Crippen LogP contribution in [0.1, 0.15) is 168 Å². The van der Waals surface area contributed by atoms with Gasteiger partial charge in [0.2, 0.25) is 11.8 Å². The fraction of sp³-hybridized carbons (Fsp3) is 0.851. The fourth-order valence-electron chi connectivity index (χ4n) is 7.26. The number of carbonyl (C=O) groups excluding carboxylic acids is 4. The van der Waals surface area contributed by atoms with Crippen LogP contribution in [0.25, 0.3) is 0 Å². The highest BCUT2D eigenvalue weighted by Crippen LogP contribution is 2.84. The number of hydrogen-bond acceptors (Lipinski definition) is 17. The second kappa shape index (κ2) is 42.0. The lowest BCUT2D eigenvalue weighted by molar-refractivity contribution is -0.144. The van der Waals surface area contributed by atoms with Crippen molar-refractivity contribution in [2.45, 2.75) is 174 Å². The molecule has 0 saturated carbocycles. The van der Waals surface area contributed by atoms with Crippen molar-refractivity contribution in [3.05, 3.63) is 0 Å². The van der Waals surface area contributed by atoms with Gasteiger partial charge < -0.3 is 44.9 Å².